The molecule has 3 aromatic heterocycles. The van der Waals surface area contributed by atoms with E-state index in [1.165, 1.54) is 22.5 Å². The molecule has 1 unspecified atom stereocenters. The zero-order chi connectivity index (χ0) is 23.0. The summed E-state index contributed by atoms with van der Waals surface area (Å²) in [5, 5.41) is 13.0. The molecule has 0 spiro atoms. The lowest BCUT2D eigenvalue weighted by molar-refractivity contribution is -0.141. The Morgan fingerprint density at radius 1 is 1.22 bits per heavy atom. The minimum Gasteiger partial charge on any atom is -0.480 e. The fraction of sp³-hybridized carbons (Fsp3) is 0.286. The second-order valence-electron chi connectivity index (χ2n) is 7.60. The third-order valence-electron chi connectivity index (χ3n) is 5.50. The Morgan fingerprint density at radius 3 is 2.72 bits per heavy atom. The zero-order valence-electron chi connectivity index (χ0n) is 17.5. The standard InChI is InChI=1S/C21H22N6O5/c1-25-11-23-18-17(25)19(29)27(21(32)26(18)2)8-7-16(28)24-15(20(30)31)9-12-10-22-14-6-4-3-5-13(12)14/h3-6,10-11,15,22H,7-9H2,1-2H3,(H,24,28)(H,30,31). The van der Waals surface area contributed by atoms with Crippen molar-refractivity contribution < 1.29 is 14.7 Å². The van der Waals surface area contributed by atoms with Gasteiger partial charge in [-0.3, -0.25) is 18.7 Å². The number of nitrogens with zero attached hydrogens (tertiary/aromatic N) is 4. The minimum atomic E-state index is -1.17. The van der Waals surface area contributed by atoms with E-state index < -0.39 is 29.2 Å². The summed E-state index contributed by atoms with van der Waals surface area (Å²) >= 11 is 0. The monoisotopic (exact) mass is 438 g/mol. The highest BCUT2D eigenvalue weighted by molar-refractivity contribution is 5.86. The molecule has 32 heavy (non-hydrogen) atoms. The van der Waals surface area contributed by atoms with Crippen LogP contribution in [0.5, 0.6) is 0 Å². The fourth-order valence-corrected chi connectivity index (χ4v) is 3.79. The number of aryl methyl sites for hydroxylation is 2. The van der Waals surface area contributed by atoms with Gasteiger partial charge in [-0.1, -0.05) is 18.2 Å². The van der Waals surface area contributed by atoms with Crippen LogP contribution >= 0.6 is 0 Å². The number of amides is 1. The number of imidazole rings is 1. The topological polar surface area (TPSA) is 144 Å². The molecule has 166 valence electrons. The van der Waals surface area contributed by atoms with Crippen molar-refractivity contribution in [3.63, 3.8) is 0 Å². The van der Waals surface area contributed by atoms with Crippen LogP contribution in [0.4, 0.5) is 0 Å². The molecule has 1 aromatic carbocycles. The first-order valence-corrected chi connectivity index (χ1v) is 9.96. The van der Waals surface area contributed by atoms with Crippen molar-refractivity contribution in [2.75, 3.05) is 0 Å². The van der Waals surface area contributed by atoms with Crippen LogP contribution in [0, 0.1) is 0 Å². The number of fused-ring (bicyclic) bond motifs is 2. The van der Waals surface area contributed by atoms with E-state index in [-0.39, 0.29) is 30.6 Å². The molecule has 0 aliphatic rings. The Labute approximate surface area is 180 Å². The number of nitrogens with one attached hydrogen (secondary N) is 2. The molecule has 1 atom stereocenters. The predicted molar refractivity (Wildman–Crippen MR) is 116 cm³/mol. The van der Waals surface area contributed by atoms with Crippen molar-refractivity contribution in [2.24, 2.45) is 14.1 Å². The summed E-state index contributed by atoms with van der Waals surface area (Å²) in [7, 11) is 3.13. The van der Waals surface area contributed by atoms with Crippen LogP contribution < -0.4 is 16.6 Å². The lowest BCUT2D eigenvalue weighted by Gasteiger charge is -2.15. The normalized spacial score (nSPS) is 12.3. The molecule has 0 aliphatic heterocycles. The van der Waals surface area contributed by atoms with E-state index in [1.807, 2.05) is 24.3 Å². The molecule has 0 saturated heterocycles. The van der Waals surface area contributed by atoms with E-state index in [9.17, 15) is 24.3 Å². The van der Waals surface area contributed by atoms with Crippen LogP contribution in [0.1, 0.15) is 12.0 Å². The van der Waals surface area contributed by atoms with Gasteiger partial charge in [0.2, 0.25) is 5.91 Å². The van der Waals surface area contributed by atoms with Crippen molar-refractivity contribution in [2.45, 2.75) is 25.4 Å². The number of carboxylic acids is 1. The van der Waals surface area contributed by atoms with Gasteiger partial charge in [-0.15, -0.1) is 0 Å². The summed E-state index contributed by atoms with van der Waals surface area (Å²) in [5.41, 5.74) is 0.994. The molecular formula is C21H22N6O5. The van der Waals surface area contributed by atoms with Gasteiger partial charge in [0.05, 0.1) is 6.33 Å². The highest BCUT2D eigenvalue weighted by atomic mass is 16.4. The average molecular weight is 438 g/mol. The number of aliphatic carboxylic acids is 1. The number of aromatic amines is 1. The summed E-state index contributed by atoms with van der Waals surface area (Å²) in [4.78, 5) is 56.6. The van der Waals surface area contributed by atoms with Crippen LogP contribution in [0.2, 0.25) is 0 Å². The maximum absolute atomic E-state index is 12.7. The molecule has 11 nitrogen and oxygen atoms in total. The number of aromatic nitrogens is 5. The van der Waals surface area contributed by atoms with Gasteiger partial charge >= 0.3 is 11.7 Å². The van der Waals surface area contributed by atoms with Gasteiger partial charge in [0.25, 0.3) is 5.56 Å². The lowest BCUT2D eigenvalue weighted by Crippen LogP contribution is -2.44. The number of carbonyl (C=O) groups excluding carboxylic acids is 1. The maximum atomic E-state index is 12.7. The minimum absolute atomic E-state index is 0.0911. The quantitative estimate of drug-likeness (QED) is 0.374. The molecule has 0 radical (unpaired) electrons. The third kappa shape index (κ3) is 3.68. The van der Waals surface area contributed by atoms with E-state index >= 15 is 0 Å². The maximum Gasteiger partial charge on any atom is 0.332 e. The Balaban J connectivity index is 1.50. The number of rotatable bonds is 7. The highest BCUT2D eigenvalue weighted by Crippen LogP contribution is 2.19. The number of carbonyl (C=O) groups is 2. The van der Waals surface area contributed by atoms with Crippen molar-refractivity contribution in [1.29, 1.82) is 0 Å². The first-order valence-electron chi connectivity index (χ1n) is 9.96. The molecule has 1 amide bonds. The number of H-pyrrole nitrogens is 1. The van der Waals surface area contributed by atoms with Crippen LogP contribution in [0.25, 0.3) is 22.1 Å². The molecule has 3 N–H and O–H groups in total. The van der Waals surface area contributed by atoms with Crippen molar-refractivity contribution in [3.8, 4) is 0 Å². The summed E-state index contributed by atoms with van der Waals surface area (Å²) in [6, 6.07) is 6.32. The molecule has 3 heterocycles. The SMILES string of the molecule is Cn1cnc2c1c(=O)n(CCC(=O)NC(Cc1c[nH]c3ccccc13)C(=O)O)c(=O)n2C. The Morgan fingerprint density at radius 2 is 1.97 bits per heavy atom. The summed E-state index contributed by atoms with van der Waals surface area (Å²) in [6.45, 7) is -0.183. The smallest absolute Gasteiger partial charge is 0.332 e. The van der Waals surface area contributed by atoms with Crippen molar-refractivity contribution >= 4 is 33.9 Å². The molecule has 0 fully saturated rings. The zero-order valence-corrected chi connectivity index (χ0v) is 17.5. The summed E-state index contributed by atoms with van der Waals surface area (Å²) in [6.07, 6.45) is 3.02. The largest absolute Gasteiger partial charge is 0.480 e. The average Bonchev–Trinajstić information content (AvgIpc) is 3.35. The van der Waals surface area contributed by atoms with E-state index in [0.29, 0.717) is 0 Å². The molecular weight excluding hydrogens is 416 g/mol. The molecule has 0 saturated carbocycles. The fourth-order valence-electron chi connectivity index (χ4n) is 3.79. The Kier molecular flexibility index (Phi) is 5.39. The van der Waals surface area contributed by atoms with Gasteiger partial charge in [0.1, 0.15) is 6.04 Å². The number of carboxylic acid groups (broad SMARTS) is 1. The molecule has 4 aromatic rings. The molecule has 4 rings (SSSR count). The van der Waals surface area contributed by atoms with Gasteiger partial charge < -0.3 is 20.0 Å². The van der Waals surface area contributed by atoms with Crippen LogP contribution in [-0.2, 0) is 36.6 Å². The molecule has 0 bridgehead atoms. The van der Waals surface area contributed by atoms with Gasteiger partial charge in [0.15, 0.2) is 11.2 Å². The molecule has 0 aliphatic carbocycles. The van der Waals surface area contributed by atoms with E-state index in [1.54, 1.807) is 13.2 Å². The lowest BCUT2D eigenvalue weighted by atomic mass is 10.0. The van der Waals surface area contributed by atoms with Gasteiger partial charge in [-0.05, 0) is 11.6 Å². The Hall–Kier alpha value is -4.15. The van der Waals surface area contributed by atoms with Gasteiger partial charge in [0, 0.05) is 50.6 Å². The number of hydrogen-bond donors (Lipinski definition) is 3. The Bertz CT molecular complexity index is 1460. The highest BCUT2D eigenvalue weighted by Gasteiger charge is 2.22. The third-order valence-corrected chi connectivity index (χ3v) is 5.50. The van der Waals surface area contributed by atoms with E-state index in [4.69, 9.17) is 0 Å². The van der Waals surface area contributed by atoms with E-state index in [2.05, 4.69) is 15.3 Å². The van der Waals surface area contributed by atoms with Gasteiger partial charge in [-0.2, -0.15) is 0 Å². The van der Waals surface area contributed by atoms with Crippen LogP contribution in [-0.4, -0.2) is 46.7 Å². The number of benzene rings is 1. The summed E-state index contributed by atoms with van der Waals surface area (Å²) in [5.74, 6) is -1.75. The predicted octanol–water partition coefficient (Wildman–Crippen LogP) is 0.117. The van der Waals surface area contributed by atoms with Crippen LogP contribution in [0.15, 0.2) is 46.4 Å². The number of hydrogen-bond acceptors (Lipinski definition) is 5. The van der Waals surface area contributed by atoms with Crippen molar-refractivity contribution in [1.82, 2.24) is 29.0 Å². The van der Waals surface area contributed by atoms with Crippen molar-refractivity contribution in [3.05, 3.63) is 63.2 Å². The second-order valence-corrected chi connectivity index (χ2v) is 7.60. The van der Waals surface area contributed by atoms with Gasteiger partial charge in [-0.25, -0.2) is 14.6 Å². The second kappa shape index (κ2) is 8.17. The first kappa shape index (κ1) is 21.1. The first-order chi connectivity index (χ1) is 15.3. The molecule has 11 heteroatoms. The summed E-state index contributed by atoms with van der Waals surface area (Å²) < 4.78 is 3.71. The van der Waals surface area contributed by atoms with E-state index in [0.717, 1.165) is 21.0 Å². The number of para-hydroxylation sites is 1. The van der Waals surface area contributed by atoms with Crippen LogP contribution in [0.3, 0.4) is 0 Å².